The fraction of sp³-hybridized carbons (Fsp3) is 1.00. The largest absolute Gasteiger partial charge is 0.186 e. The van der Waals surface area contributed by atoms with Crippen LogP contribution in [0.25, 0.3) is 0 Å². The van der Waals surface area contributed by atoms with E-state index in [4.69, 9.17) is 0 Å². The molecule has 3 heteroatoms. The van der Waals surface area contributed by atoms with E-state index in [1.165, 1.54) is 62.9 Å². The van der Waals surface area contributed by atoms with Crippen LogP contribution in [0.15, 0.2) is 0 Å². The first-order valence-corrected chi connectivity index (χ1v) is 13.0. The lowest BCUT2D eigenvalue weighted by Gasteiger charge is -2.32. The Morgan fingerprint density at radius 2 is 1.25 bits per heavy atom. The first-order chi connectivity index (χ1) is 7.68. The van der Waals surface area contributed by atoms with Crippen LogP contribution in [0.3, 0.4) is 0 Å². The van der Waals surface area contributed by atoms with Crippen LogP contribution in [-0.2, 0) is 0 Å². The smallest absolute Gasteiger partial charge is 0.00689 e. The topological polar surface area (TPSA) is 0 Å². The van der Waals surface area contributed by atoms with Gasteiger partial charge >= 0.3 is 0 Å². The van der Waals surface area contributed by atoms with Crippen molar-refractivity contribution in [1.82, 2.24) is 0 Å². The highest BCUT2D eigenvalue weighted by Crippen LogP contribution is 2.61. The molecule has 0 aliphatic carbocycles. The maximum absolute atomic E-state index is 2.54. The van der Waals surface area contributed by atoms with Crippen LogP contribution >= 0.6 is 38.2 Å². The molecule has 0 aromatic rings. The summed E-state index contributed by atoms with van der Waals surface area (Å²) in [5.41, 5.74) is 0. The van der Waals surface area contributed by atoms with Crippen molar-refractivity contribution in [3.05, 3.63) is 0 Å². The Morgan fingerprint density at radius 3 is 1.56 bits per heavy atom. The van der Waals surface area contributed by atoms with Gasteiger partial charge in [0.2, 0.25) is 0 Å². The van der Waals surface area contributed by atoms with Gasteiger partial charge in [0.05, 0.1) is 0 Å². The summed E-state index contributed by atoms with van der Waals surface area (Å²) in [7, 11) is 1.81. The van der Waals surface area contributed by atoms with E-state index in [0.717, 1.165) is 0 Å². The van der Waals surface area contributed by atoms with E-state index in [9.17, 15) is 0 Å². The highest BCUT2D eigenvalue weighted by atomic mass is 127. The van der Waals surface area contributed by atoms with Crippen molar-refractivity contribution >= 4 is 38.2 Å². The van der Waals surface area contributed by atoms with Gasteiger partial charge in [-0.2, -0.15) is 9.06 Å². The van der Waals surface area contributed by atoms with Crippen LogP contribution in [0.2, 0.25) is 0 Å². The summed E-state index contributed by atoms with van der Waals surface area (Å²) in [4.78, 5) is 0. The molecular formula is C13H29IS2. The molecule has 0 saturated carbocycles. The maximum Gasteiger partial charge on any atom is 0.00689 e. The number of unbranched alkanes of at least 4 members (excludes halogenated alkanes) is 6. The van der Waals surface area contributed by atoms with E-state index < -0.39 is 0 Å². The number of hydrogen-bond acceptors (Lipinski definition) is 1. The minimum atomic E-state index is -0.335. The second kappa shape index (κ2) is 11.5. The third kappa shape index (κ3) is 9.46. The molecule has 0 aromatic heterocycles. The molecule has 0 rings (SSSR count). The zero-order valence-electron chi connectivity index (χ0n) is 11.3. The quantitative estimate of drug-likeness (QED) is 0.223. The summed E-state index contributed by atoms with van der Waals surface area (Å²) in [5, 5.41) is 0. The van der Waals surface area contributed by atoms with Gasteiger partial charge < -0.3 is 0 Å². The van der Waals surface area contributed by atoms with Gasteiger partial charge in [-0.05, 0) is 38.6 Å². The molecule has 0 aromatic carbocycles. The van der Waals surface area contributed by atoms with Crippen molar-refractivity contribution < 1.29 is 0 Å². The van der Waals surface area contributed by atoms with Crippen molar-refractivity contribution in [3.63, 3.8) is 0 Å². The zero-order chi connectivity index (χ0) is 12.3. The van der Waals surface area contributed by atoms with E-state index in [-0.39, 0.29) is 9.06 Å². The summed E-state index contributed by atoms with van der Waals surface area (Å²) in [5.74, 6) is 2.99. The second-order valence-corrected chi connectivity index (χ2v) is 14.1. The van der Waals surface area contributed by atoms with E-state index in [1.54, 1.807) is 0 Å². The van der Waals surface area contributed by atoms with Crippen LogP contribution in [0.1, 0.15) is 65.2 Å². The first kappa shape index (κ1) is 17.4. The van der Waals surface area contributed by atoms with Crippen LogP contribution in [-0.4, -0.2) is 17.8 Å². The highest BCUT2D eigenvalue weighted by Gasteiger charge is 2.16. The third-order valence-electron chi connectivity index (χ3n) is 3.01. The molecule has 100 valence electrons. The third-order valence-corrected chi connectivity index (χ3v) is 15.3. The summed E-state index contributed by atoms with van der Waals surface area (Å²) in [6.07, 6.45) is 13.9. The molecule has 0 bridgehead atoms. The van der Waals surface area contributed by atoms with Crippen LogP contribution in [0, 0.1) is 0 Å². The maximum atomic E-state index is 2.54. The predicted octanol–water partition coefficient (Wildman–Crippen LogP) is 6.58. The highest BCUT2D eigenvalue weighted by molar-refractivity contribution is 14.2. The van der Waals surface area contributed by atoms with Crippen LogP contribution < -0.4 is 0 Å². The van der Waals surface area contributed by atoms with Crippen molar-refractivity contribution in [1.29, 1.82) is 0 Å². The molecule has 0 saturated heterocycles. The number of halogens is 1. The van der Waals surface area contributed by atoms with Crippen molar-refractivity contribution in [2.45, 2.75) is 65.2 Å². The first-order valence-electron chi connectivity index (χ1n) is 6.72. The standard InChI is InChI=1S/C13H29IS2/c1-4-6-8-10-12-16(3,15-14)13-11-9-7-5-2/h4-13H2,1-3H3. The van der Waals surface area contributed by atoms with Gasteiger partial charge in [-0.25, -0.2) is 0 Å². The lowest BCUT2D eigenvalue weighted by atomic mass is 10.2. The molecule has 0 aliphatic rings. The fourth-order valence-electron chi connectivity index (χ4n) is 1.83. The van der Waals surface area contributed by atoms with Gasteiger partial charge in [0.1, 0.15) is 0 Å². The number of hydrogen-bond donors (Lipinski definition) is 0. The van der Waals surface area contributed by atoms with Crippen molar-refractivity contribution in [3.8, 4) is 0 Å². The summed E-state index contributed by atoms with van der Waals surface area (Å²) in [6, 6.07) is 0. The van der Waals surface area contributed by atoms with Gasteiger partial charge in [0.25, 0.3) is 0 Å². The molecule has 0 amide bonds. The Hall–Kier alpha value is 1.43. The minimum Gasteiger partial charge on any atom is -0.186 e. The van der Waals surface area contributed by atoms with Crippen LogP contribution in [0.5, 0.6) is 0 Å². The molecule has 0 atom stereocenters. The Bertz CT molecular complexity index is 139. The summed E-state index contributed by atoms with van der Waals surface area (Å²) < 4.78 is 0. The molecular weight excluding hydrogens is 347 g/mol. The molecule has 0 N–H and O–H groups in total. The lowest BCUT2D eigenvalue weighted by molar-refractivity contribution is 0.698. The van der Waals surface area contributed by atoms with Gasteiger partial charge in [0, 0.05) is 21.2 Å². The van der Waals surface area contributed by atoms with Gasteiger partial charge in [-0.1, -0.05) is 52.4 Å². The zero-order valence-corrected chi connectivity index (χ0v) is 15.1. The minimum absolute atomic E-state index is 0.335. The Balaban J connectivity index is 3.64. The van der Waals surface area contributed by atoms with E-state index in [1.807, 2.05) is 0 Å². The van der Waals surface area contributed by atoms with E-state index >= 15 is 0 Å². The lowest BCUT2D eigenvalue weighted by Crippen LogP contribution is -2.03. The molecule has 0 aliphatic heterocycles. The van der Waals surface area contributed by atoms with Crippen molar-refractivity contribution in [2.24, 2.45) is 0 Å². The summed E-state index contributed by atoms with van der Waals surface area (Å²) in [6.45, 7) is 4.59. The predicted molar refractivity (Wildman–Crippen MR) is 93.1 cm³/mol. The SMILES string of the molecule is CCCCCCS(C)(CCCCCC)SI. The average molecular weight is 376 g/mol. The molecule has 0 nitrogen and oxygen atoms in total. The van der Waals surface area contributed by atoms with Gasteiger partial charge in [0.15, 0.2) is 0 Å². The van der Waals surface area contributed by atoms with Gasteiger partial charge in [-0.3, -0.25) is 0 Å². The van der Waals surface area contributed by atoms with Gasteiger partial charge in [-0.15, -0.1) is 0 Å². The molecule has 0 unspecified atom stereocenters. The Morgan fingerprint density at radius 1 is 0.812 bits per heavy atom. The Labute approximate surface area is 120 Å². The molecule has 0 heterocycles. The fourth-order valence-corrected chi connectivity index (χ4v) is 8.11. The monoisotopic (exact) mass is 376 g/mol. The van der Waals surface area contributed by atoms with E-state index in [0.29, 0.717) is 0 Å². The molecule has 0 radical (unpaired) electrons. The van der Waals surface area contributed by atoms with Crippen LogP contribution in [0.4, 0.5) is 0 Å². The molecule has 16 heavy (non-hydrogen) atoms. The normalized spacial score (nSPS) is 13.0. The second-order valence-electron chi connectivity index (χ2n) is 4.78. The molecule has 0 spiro atoms. The Kier molecular flexibility index (Phi) is 12.5. The number of rotatable bonds is 11. The van der Waals surface area contributed by atoms with Crippen molar-refractivity contribution in [2.75, 3.05) is 17.8 Å². The molecule has 0 fully saturated rings. The average Bonchev–Trinajstić information content (AvgIpc) is 2.31. The van der Waals surface area contributed by atoms with E-state index in [2.05, 4.69) is 49.3 Å². The summed E-state index contributed by atoms with van der Waals surface area (Å²) >= 11 is 2.54.